The molecule has 16 heavy (non-hydrogen) atoms. The molecule has 5 nitrogen and oxygen atoms in total. The van der Waals surface area contributed by atoms with E-state index < -0.39 is 0 Å². The fourth-order valence-corrected chi connectivity index (χ4v) is 2.41. The Balaban J connectivity index is 2.92. The summed E-state index contributed by atoms with van der Waals surface area (Å²) < 4.78 is 0.863. The Labute approximate surface area is 108 Å². The van der Waals surface area contributed by atoms with Crippen molar-refractivity contribution in [3.8, 4) is 0 Å². The van der Waals surface area contributed by atoms with E-state index in [-0.39, 0.29) is 0 Å². The highest BCUT2D eigenvalue weighted by molar-refractivity contribution is 9.10. The number of thioether (sulfide) groups is 1. The van der Waals surface area contributed by atoms with Gasteiger partial charge in [0.25, 0.3) is 0 Å². The number of halogens is 1. The number of nitrogens with zero attached hydrogens (tertiary/aromatic N) is 3. The fraction of sp³-hybridized carbons (Fsp3) is 0.556. The van der Waals surface area contributed by atoms with Gasteiger partial charge in [-0.15, -0.1) is 0 Å². The maximum atomic E-state index is 5.29. The zero-order valence-corrected chi connectivity index (χ0v) is 12.0. The molecule has 0 aliphatic carbocycles. The average molecular weight is 306 g/mol. The minimum atomic E-state index is 0.395. The molecule has 1 heterocycles. The monoisotopic (exact) mass is 305 g/mol. The van der Waals surface area contributed by atoms with Crippen LogP contribution in [0.1, 0.15) is 6.92 Å². The first kappa shape index (κ1) is 13.5. The van der Waals surface area contributed by atoms with Crippen LogP contribution >= 0.6 is 27.7 Å². The van der Waals surface area contributed by atoms with Crippen molar-refractivity contribution in [1.82, 2.24) is 9.97 Å². The van der Waals surface area contributed by atoms with E-state index in [4.69, 9.17) is 5.84 Å². The number of hydrogen-bond donors (Lipinski definition) is 2. The lowest BCUT2D eigenvalue weighted by Gasteiger charge is -2.26. The maximum absolute atomic E-state index is 5.29. The Hall–Kier alpha value is -0.530. The van der Waals surface area contributed by atoms with Crippen LogP contribution in [-0.2, 0) is 0 Å². The van der Waals surface area contributed by atoms with Crippen LogP contribution in [0, 0.1) is 0 Å². The molecule has 0 spiro atoms. The predicted molar refractivity (Wildman–Crippen MR) is 73.8 cm³/mol. The third kappa shape index (κ3) is 3.23. The summed E-state index contributed by atoms with van der Waals surface area (Å²) in [5.41, 5.74) is 2.45. The Kier molecular flexibility index (Phi) is 5.30. The molecule has 0 aliphatic heterocycles. The van der Waals surface area contributed by atoms with Crippen molar-refractivity contribution in [2.45, 2.75) is 13.0 Å². The predicted octanol–water partition coefficient (Wildman–Crippen LogP) is 1.71. The Morgan fingerprint density at radius 1 is 1.69 bits per heavy atom. The Morgan fingerprint density at radius 3 is 2.94 bits per heavy atom. The van der Waals surface area contributed by atoms with Crippen LogP contribution in [0.2, 0.25) is 0 Å². The van der Waals surface area contributed by atoms with E-state index in [0.29, 0.717) is 12.0 Å². The SMILES string of the molecule is CSCC(C)N(C)c1nc(NN)ncc1Br. The highest BCUT2D eigenvalue weighted by atomic mass is 79.9. The Bertz CT molecular complexity index is 349. The Morgan fingerprint density at radius 2 is 2.38 bits per heavy atom. The van der Waals surface area contributed by atoms with E-state index in [9.17, 15) is 0 Å². The van der Waals surface area contributed by atoms with Crippen molar-refractivity contribution in [3.63, 3.8) is 0 Å². The molecule has 1 aromatic heterocycles. The summed E-state index contributed by atoms with van der Waals surface area (Å²) in [7, 11) is 2.01. The van der Waals surface area contributed by atoms with Gasteiger partial charge >= 0.3 is 0 Å². The van der Waals surface area contributed by atoms with Gasteiger partial charge in [0.05, 0.1) is 4.47 Å². The van der Waals surface area contributed by atoms with E-state index in [2.05, 4.69) is 49.4 Å². The van der Waals surface area contributed by atoms with Crippen molar-refractivity contribution in [1.29, 1.82) is 0 Å². The van der Waals surface area contributed by atoms with Crippen molar-refractivity contribution in [3.05, 3.63) is 10.7 Å². The lowest BCUT2D eigenvalue weighted by molar-refractivity contribution is 0.749. The first-order valence-corrected chi connectivity index (χ1v) is 6.99. The lowest BCUT2D eigenvalue weighted by atomic mass is 10.3. The summed E-state index contributed by atoms with van der Waals surface area (Å²) >= 11 is 5.25. The molecule has 1 atom stereocenters. The number of nitrogens with one attached hydrogen (secondary N) is 1. The summed E-state index contributed by atoms with van der Waals surface area (Å²) in [6.07, 6.45) is 3.78. The topological polar surface area (TPSA) is 67.1 Å². The van der Waals surface area contributed by atoms with Gasteiger partial charge in [0, 0.05) is 25.0 Å². The number of aromatic nitrogens is 2. The minimum Gasteiger partial charge on any atom is -0.355 e. The van der Waals surface area contributed by atoms with Crippen molar-refractivity contribution >= 4 is 39.5 Å². The number of anilines is 2. The maximum Gasteiger partial charge on any atom is 0.239 e. The molecule has 7 heteroatoms. The van der Waals surface area contributed by atoms with Gasteiger partial charge in [-0.2, -0.15) is 16.7 Å². The summed E-state index contributed by atoms with van der Waals surface area (Å²) in [5, 5.41) is 0. The molecule has 3 N–H and O–H groups in total. The quantitative estimate of drug-likeness (QED) is 0.638. The van der Waals surface area contributed by atoms with Gasteiger partial charge in [-0.1, -0.05) is 0 Å². The number of hydrazine groups is 1. The normalized spacial score (nSPS) is 12.3. The molecule has 0 fully saturated rings. The standard InChI is InChI=1S/C9H16BrN5S/c1-6(5-16-3)15(2)8-7(10)4-12-9(13-8)14-11/h4,6H,5,11H2,1-3H3,(H,12,13,14). The van der Waals surface area contributed by atoms with Crippen LogP contribution in [0.25, 0.3) is 0 Å². The first-order chi connectivity index (χ1) is 7.60. The van der Waals surface area contributed by atoms with E-state index in [1.54, 1.807) is 6.20 Å². The highest BCUT2D eigenvalue weighted by Gasteiger charge is 2.14. The van der Waals surface area contributed by atoms with Crippen LogP contribution in [0.15, 0.2) is 10.7 Å². The van der Waals surface area contributed by atoms with Gasteiger partial charge in [0.1, 0.15) is 5.82 Å². The molecular weight excluding hydrogens is 290 g/mol. The number of hydrogen-bond acceptors (Lipinski definition) is 6. The van der Waals surface area contributed by atoms with Crippen LogP contribution < -0.4 is 16.2 Å². The van der Waals surface area contributed by atoms with Gasteiger partial charge < -0.3 is 4.90 Å². The van der Waals surface area contributed by atoms with E-state index in [1.165, 1.54) is 0 Å². The lowest BCUT2D eigenvalue weighted by Crippen LogP contribution is -2.32. The zero-order valence-electron chi connectivity index (χ0n) is 9.57. The molecular formula is C9H16BrN5S. The number of rotatable bonds is 5. The van der Waals surface area contributed by atoms with Crippen molar-refractivity contribution in [2.24, 2.45) is 5.84 Å². The number of nitrogen functional groups attached to an aromatic ring is 1. The molecule has 0 aromatic carbocycles. The van der Waals surface area contributed by atoms with Crippen LogP contribution in [0.4, 0.5) is 11.8 Å². The largest absolute Gasteiger partial charge is 0.355 e. The van der Waals surface area contributed by atoms with Crippen molar-refractivity contribution < 1.29 is 0 Å². The minimum absolute atomic E-state index is 0.395. The van der Waals surface area contributed by atoms with Crippen LogP contribution in [0.5, 0.6) is 0 Å². The molecule has 0 bridgehead atoms. The second-order valence-electron chi connectivity index (χ2n) is 3.42. The summed E-state index contributed by atoms with van der Waals surface area (Å²) in [6.45, 7) is 2.15. The molecule has 0 saturated carbocycles. The molecule has 0 amide bonds. The second kappa shape index (κ2) is 6.27. The van der Waals surface area contributed by atoms with Crippen LogP contribution in [-0.4, -0.2) is 35.1 Å². The van der Waals surface area contributed by atoms with Crippen molar-refractivity contribution in [2.75, 3.05) is 29.4 Å². The smallest absolute Gasteiger partial charge is 0.239 e. The molecule has 0 saturated heterocycles. The number of nitrogens with two attached hydrogens (primary N) is 1. The van der Waals surface area contributed by atoms with Gasteiger partial charge in [-0.3, -0.25) is 5.43 Å². The molecule has 0 aliphatic rings. The molecule has 90 valence electrons. The third-order valence-corrected chi connectivity index (χ3v) is 3.63. The molecule has 1 unspecified atom stereocenters. The van der Waals surface area contributed by atoms with Crippen LogP contribution in [0.3, 0.4) is 0 Å². The van der Waals surface area contributed by atoms with Gasteiger partial charge in [0.2, 0.25) is 5.95 Å². The van der Waals surface area contributed by atoms with Gasteiger partial charge in [0.15, 0.2) is 0 Å². The van der Waals surface area contributed by atoms with Gasteiger partial charge in [-0.05, 0) is 29.1 Å². The molecule has 0 radical (unpaired) electrons. The van der Waals surface area contributed by atoms with E-state index >= 15 is 0 Å². The summed E-state index contributed by atoms with van der Waals surface area (Å²) in [5.74, 6) is 7.59. The summed E-state index contributed by atoms with van der Waals surface area (Å²) in [6, 6.07) is 0.395. The van der Waals surface area contributed by atoms with E-state index in [0.717, 1.165) is 16.0 Å². The third-order valence-electron chi connectivity index (χ3n) is 2.26. The molecule has 1 rings (SSSR count). The second-order valence-corrected chi connectivity index (χ2v) is 5.19. The fourth-order valence-electron chi connectivity index (χ4n) is 1.24. The molecule has 1 aromatic rings. The average Bonchev–Trinajstić information content (AvgIpc) is 2.29. The van der Waals surface area contributed by atoms with Gasteiger partial charge in [-0.25, -0.2) is 10.8 Å². The summed E-state index contributed by atoms with van der Waals surface area (Å²) in [4.78, 5) is 10.4. The zero-order chi connectivity index (χ0) is 12.1. The first-order valence-electron chi connectivity index (χ1n) is 4.81. The highest BCUT2D eigenvalue weighted by Crippen LogP contribution is 2.25. The van der Waals surface area contributed by atoms with E-state index in [1.807, 2.05) is 18.8 Å².